The molecule has 1 aliphatic rings. The molecule has 1 fully saturated rings. The predicted octanol–water partition coefficient (Wildman–Crippen LogP) is 2.45. The van der Waals surface area contributed by atoms with E-state index < -0.39 is 0 Å². The summed E-state index contributed by atoms with van der Waals surface area (Å²) in [5.41, 5.74) is 2.69. The van der Waals surface area contributed by atoms with E-state index >= 15 is 0 Å². The molecule has 0 spiro atoms. The Labute approximate surface area is 128 Å². The molecule has 1 saturated heterocycles. The largest absolute Gasteiger partial charge is 0.423 e. The number of aryl methyl sites for hydroxylation is 1. The molecule has 0 saturated carbocycles. The molecule has 0 N–H and O–H groups in total. The highest BCUT2D eigenvalue weighted by Crippen LogP contribution is 2.22. The Bertz CT molecular complexity index is 738. The fourth-order valence-corrected chi connectivity index (χ4v) is 2.80. The molecule has 22 heavy (non-hydrogen) atoms. The Hall–Kier alpha value is -2.34. The van der Waals surface area contributed by atoms with E-state index in [0.29, 0.717) is 0 Å². The van der Waals surface area contributed by atoms with Gasteiger partial charge in [-0.15, -0.1) is 0 Å². The molecule has 1 aromatic carbocycles. The van der Waals surface area contributed by atoms with Crippen LogP contribution in [-0.2, 0) is 6.54 Å². The summed E-state index contributed by atoms with van der Waals surface area (Å²) in [5.74, 6) is 0.924. The highest BCUT2D eigenvalue weighted by molar-refractivity contribution is 5.74. The second-order valence-corrected chi connectivity index (χ2v) is 5.66. The van der Waals surface area contributed by atoms with Crippen molar-refractivity contribution in [2.45, 2.75) is 13.5 Å². The van der Waals surface area contributed by atoms with Crippen LogP contribution in [0.4, 0.5) is 6.01 Å². The van der Waals surface area contributed by atoms with Gasteiger partial charge in [0.2, 0.25) is 0 Å². The summed E-state index contributed by atoms with van der Waals surface area (Å²) >= 11 is 0. The number of fused-ring (bicyclic) bond motifs is 1. The van der Waals surface area contributed by atoms with Gasteiger partial charge in [-0.3, -0.25) is 4.90 Å². The van der Waals surface area contributed by atoms with Gasteiger partial charge >= 0.3 is 0 Å². The summed E-state index contributed by atoms with van der Waals surface area (Å²) in [5, 5.41) is 3.93. The quantitative estimate of drug-likeness (QED) is 0.740. The molecule has 6 heteroatoms. The first kappa shape index (κ1) is 13.3. The summed E-state index contributed by atoms with van der Waals surface area (Å²) in [6.07, 6.45) is 0. The minimum absolute atomic E-state index is 0.719. The van der Waals surface area contributed by atoms with Crippen LogP contribution < -0.4 is 4.90 Å². The Morgan fingerprint density at radius 2 is 1.95 bits per heavy atom. The first-order valence-electron chi connectivity index (χ1n) is 7.53. The van der Waals surface area contributed by atoms with Crippen LogP contribution in [-0.4, -0.2) is 41.2 Å². The normalized spacial score (nSPS) is 16.5. The van der Waals surface area contributed by atoms with E-state index in [0.717, 1.165) is 61.3 Å². The highest BCUT2D eigenvalue weighted by Gasteiger charge is 2.21. The highest BCUT2D eigenvalue weighted by atomic mass is 16.5. The maximum absolute atomic E-state index is 5.83. The average molecular weight is 298 g/mol. The number of para-hydroxylation sites is 2. The van der Waals surface area contributed by atoms with Gasteiger partial charge in [0.25, 0.3) is 6.01 Å². The second-order valence-electron chi connectivity index (χ2n) is 5.66. The molecular formula is C16H18N4O2. The van der Waals surface area contributed by atoms with Crippen molar-refractivity contribution in [1.29, 1.82) is 0 Å². The van der Waals surface area contributed by atoms with E-state index in [-0.39, 0.29) is 0 Å². The van der Waals surface area contributed by atoms with Crippen molar-refractivity contribution in [2.75, 3.05) is 31.1 Å². The number of oxazole rings is 1. The zero-order valence-corrected chi connectivity index (χ0v) is 12.5. The fourth-order valence-electron chi connectivity index (χ4n) is 2.80. The Morgan fingerprint density at radius 1 is 1.14 bits per heavy atom. The van der Waals surface area contributed by atoms with Gasteiger partial charge < -0.3 is 13.8 Å². The minimum Gasteiger partial charge on any atom is -0.423 e. The van der Waals surface area contributed by atoms with Crippen LogP contribution in [0.2, 0.25) is 0 Å². The summed E-state index contributed by atoms with van der Waals surface area (Å²) in [7, 11) is 0. The molecule has 0 unspecified atom stereocenters. The van der Waals surface area contributed by atoms with Crippen LogP contribution in [0.15, 0.2) is 39.3 Å². The van der Waals surface area contributed by atoms with Crippen LogP contribution in [0.3, 0.4) is 0 Å². The number of hydrogen-bond acceptors (Lipinski definition) is 6. The van der Waals surface area contributed by atoms with Crippen molar-refractivity contribution in [2.24, 2.45) is 0 Å². The van der Waals surface area contributed by atoms with E-state index in [1.54, 1.807) is 0 Å². The molecule has 3 aromatic rings. The maximum atomic E-state index is 5.83. The van der Waals surface area contributed by atoms with Crippen molar-refractivity contribution < 1.29 is 8.94 Å². The monoisotopic (exact) mass is 298 g/mol. The molecule has 4 rings (SSSR count). The molecule has 114 valence electrons. The van der Waals surface area contributed by atoms with Crippen molar-refractivity contribution >= 4 is 17.1 Å². The lowest BCUT2D eigenvalue weighted by atomic mass is 10.3. The van der Waals surface area contributed by atoms with Gasteiger partial charge in [-0.05, 0) is 19.1 Å². The third-order valence-corrected chi connectivity index (χ3v) is 3.98. The summed E-state index contributed by atoms with van der Waals surface area (Å²) in [6, 6.07) is 10.6. The first-order chi connectivity index (χ1) is 10.8. The van der Waals surface area contributed by atoms with Crippen LogP contribution in [0.1, 0.15) is 11.5 Å². The smallest absolute Gasteiger partial charge is 0.298 e. The summed E-state index contributed by atoms with van der Waals surface area (Å²) in [6.45, 7) is 6.47. The predicted molar refractivity (Wildman–Crippen MR) is 82.7 cm³/mol. The molecule has 3 heterocycles. The Kier molecular flexibility index (Phi) is 3.31. The van der Waals surface area contributed by atoms with E-state index in [4.69, 9.17) is 8.94 Å². The lowest BCUT2D eigenvalue weighted by Crippen LogP contribution is -2.46. The van der Waals surface area contributed by atoms with Gasteiger partial charge in [-0.2, -0.15) is 4.98 Å². The topological polar surface area (TPSA) is 58.5 Å². The number of hydrogen-bond donors (Lipinski definition) is 0. The summed E-state index contributed by atoms with van der Waals surface area (Å²) in [4.78, 5) is 9.12. The SMILES string of the molecule is Cc1cc(CN2CCN(c3nc4ccccc4o3)CC2)on1. The number of rotatable bonds is 3. The molecule has 2 aromatic heterocycles. The Balaban J connectivity index is 1.40. The fraction of sp³-hybridized carbons (Fsp3) is 0.375. The third-order valence-electron chi connectivity index (χ3n) is 3.98. The van der Waals surface area contributed by atoms with E-state index in [9.17, 15) is 0 Å². The molecule has 0 bridgehead atoms. The molecule has 0 atom stereocenters. The molecular weight excluding hydrogens is 280 g/mol. The molecule has 0 aliphatic carbocycles. The van der Waals surface area contributed by atoms with Gasteiger partial charge in [0.1, 0.15) is 5.52 Å². The van der Waals surface area contributed by atoms with Gasteiger partial charge in [0, 0.05) is 32.2 Å². The van der Waals surface area contributed by atoms with Gasteiger partial charge in [0.05, 0.1) is 12.2 Å². The van der Waals surface area contributed by atoms with Crippen molar-refractivity contribution in [3.8, 4) is 0 Å². The lowest BCUT2D eigenvalue weighted by molar-refractivity contribution is 0.216. The molecule has 6 nitrogen and oxygen atoms in total. The lowest BCUT2D eigenvalue weighted by Gasteiger charge is -2.33. The third kappa shape index (κ3) is 2.57. The van der Waals surface area contributed by atoms with Crippen molar-refractivity contribution in [3.63, 3.8) is 0 Å². The summed E-state index contributed by atoms with van der Waals surface area (Å²) < 4.78 is 11.1. The van der Waals surface area contributed by atoms with Crippen LogP contribution in [0, 0.1) is 6.92 Å². The first-order valence-corrected chi connectivity index (χ1v) is 7.53. The van der Waals surface area contributed by atoms with Gasteiger partial charge in [-0.25, -0.2) is 0 Å². The van der Waals surface area contributed by atoms with E-state index in [1.165, 1.54) is 0 Å². The number of piperazine rings is 1. The van der Waals surface area contributed by atoms with Crippen LogP contribution in [0.25, 0.3) is 11.1 Å². The average Bonchev–Trinajstić information content (AvgIpc) is 3.14. The number of nitrogens with zero attached hydrogens (tertiary/aromatic N) is 4. The number of anilines is 1. The van der Waals surface area contributed by atoms with Crippen LogP contribution in [0.5, 0.6) is 0 Å². The van der Waals surface area contributed by atoms with E-state index in [2.05, 4.69) is 19.9 Å². The van der Waals surface area contributed by atoms with E-state index in [1.807, 2.05) is 37.3 Å². The standard InChI is InChI=1S/C16H18N4O2/c1-12-10-13(22-18-12)11-19-6-8-20(9-7-19)16-17-14-4-2-3-5-15(14)21-16/h2-5,10H,6-9,11H2,1H3. The van der Waals surface area contributed by atoms with Crippen molar-refractivity contribution in [1.82, 2.24) is 15.0 Å². The number of aromatic nitrogens is 2. The Morgan fingerprint density at radius 3 is 2.68 bits per heavy atom. The van der Waals surface area contributed by atoms with Gasteiger partial charge in [0.15, 0.2) is 11.3 Å². The number of benzene rings is 1. The molecule has 0 amide bonds. The zero-order chi connectivity index (χ0) is 14.9. The van der Waals surface area contributed by atoms with Gasteiger partial charge in [-0.1, -0.05) is 17.3 Å². The van der Waals surface area contributed by atoms with Crippen LogP contribution >= 0.6 is 0 Å². The second kappa shape index (κ2) is 5.46. The van der Waals surface area contributed by atoms with Crippen molar-refractivity contribution in [3.05, 3.63) is 41.8 Å². The zero-order valence-electron chi connectivity index (χ0n) is 12.5. The minimum atomic E-state index is 0.719. The molecule has 0 radical (unpaired) electrons. The molecule has 1 aliphatic heterocycles. The maximum Gasteiger partial charge on any atom is 0.298 e.